The van der Waals surface area contributed by atoms with Gasteiger partial charge in [-0.25, -0.2) is 4.79 Å². The minimum atomic E-state index is -0.651. The fraction of sp³-hybridized carbons (Fsp3) is 0.143. The van der Waals surface area contributed by atoms with E-state index in [2.05, 4.69) is 42.2 Å². The molecule has 2 rings (SSSR count). The summed E-state index contributed by atoms with van der Waals surface area (Å²) in [5.41, 5.74) is 1.40. The Hall–Kier alpha value is -1.40. The highest BCUT2D eigenvalue weighted by Gasteiger charge is 2.22. The number of carbonyl (C=O) groups excluding carboxylic acids is 1. The van der Waals surface area contributed by atoms with Crippen LogP contribution < -0.4 is 5.32 Å². The van der Waals surface area contributed by atoms with Crippen LogP contribution in [0.3, 0.4) is 0 Å². The van der Waals surface area contributed by atoms with E-state index in [1.807, 2.05) is 30.3 Å². The van der Waals surface area contributed by atoms with Crippen molar-refractivity contribution in [3.8, 4) is 0 Å². The summed E-state index contributed by atoms with van der Waals surface area (Å²) < 4.78 is 6.61. The van der Waals surface area contributed by atoms with Crippen molar-refractivity contribution in [1.29, 1.82) is 0 Å². The molecule has 1 heterocycles. The van der Waals surface area contributed by atoms with Crippen molar-refractivity contribution < 1.29 is 9.53 Å². The van der Waals surface area contributed by atoms with E-state index in [0.717, 1.165) is 14.6 Å². The molecule has 0 saturated heterocycles. The van der Waals surface area contributed by atoms with Crippen LogP contribution in [-0.4, -0.2) is 18.1 Å². The third-order valence-corrected chi connectivity index (χ3v) is 3.58. The summed E-state index contributed by atoms with van der Waals surface area (Å²) in [5, 5.41) is 3.12. The Balaban J connectivity index is 2.28. The molecule has 104 valence electrons. The Morgan fingerprint density at radius 2 is 2.05 bits per heavy atom. The third kappa shape index (κ3) is 3.80. The minimum absolute atomic E-state index is 0.389. The smallest absolute Gasteiger partial charge is 0.334 e. The maximum absolute atomic E-state index is 11.9. The summed E-state index contributed by atoms with van der Waals surface area (Å²) in [7, 11) is 1.36. The quantitative estimate of drug-likeness (QED) is 0.791. The van der Waals surface area contributed by atoms with Gasteiger partial charge in [-0.1, -0.05) is 22.0 Å². The number of pyridine rings is 1. The zero-order chi connectivity index (χ0) is 14.5. The van der Waals surface area contributed by atoms with Crippen LogP contribution in [0.15, 0.2) is 51.5 Å². The van der Waals surface area contributed by atoms with Crippen LogP contribution in [0.5, 0.6) is 0 Å². The summed E-state index contributed by atoms with van der Waals surface area (Å²) in [4.78, 5) is 16.2. The molecule has 0 radical (unpaired) electrons. The van der Waals surface area contributed by atoms with Crippen molar-refractivity contribution >= 4 is 43.5 Å². The van der Waals surface area contributed by atoms with Crippen molar-refractivity contribution in [1.82, 2.24) is 4.98 Å². The summed E-state index contributed by atoms with van der Waals surface area (Å²) in [6, 6.07) is 10.5. The van der Waals surface area contributed by atoms with Gasteiger partial charge in [-0.2, -0.15) is 0 Å². The van der Waals surface area contributed by atoms with Gasteiger partial charge in [0, 0.05) is 20.8 Å². The largest absolute Gasteiger partial charge is 0.467 e. The number of rotatable bonds is 4. The number of nitrogens with zero attached hydrogens (tertiary/aromatic N) is 1. The number of nitrogens with one attached hydrogen (secondary N) is 1. The van der Waals surface area contributed by atoms with E-state index in [4.69, 9.17) is 4.74 Å². The highest BCUT2D eigenvalue weighted by Crippen LogP contribution is 2.23. The van der Waals surface area contributed by atoms with Crippen LogP contribution in [0.25, 0.3) is 0 Å². The molecule has 0 aliphatic heterocycles. The summed E-state index contributed by atoms with van der Waals surface area (Å²) in [6.45, 7) is 0. The maximum Gasteiger partial charge on any atom is 0.334 e. The van der Waals surface area contributed by atoms with E-state index in [1.165, 1.54) is 7.11 Å². The van der Waals surface area contributed by atoms with Crippen molar-refractivity contribution in [2.24, 2.45) is 0 Å². The Kier molecular flexibility index (Phi) is 5.14. The molecule has 4 nitrogen and oxygen atoms in total. The predicted molar refractivity (Wildman–Crippen MR) is 84.5 cm³/mol. The predicted octanol–water partition coefficient (Wildman–Crippen LogP) is 3.93. The molecule has 0 aliphatic carbocycles. The molecule has 0 amide bonds. The molecule has 1 unspecified atom stereocenters. The number of methoxy groups -OCH3 is 1. The molecule has 0 spiro atoms. The molecule has 0 fully saturated rings. The summed E-state index contributed by atoms with van der Waals surface area (Å²) in [6.07, 6.45) is 1.65. The van der Waals surface area contributed by atoms with Crippen LogP contribution in [0, 0.1) is 0 Å². The van der Waals surface area contributed by atoms with Crippen molar-refractivity contribution in [3.63, 3.8) is 0 Å². The highest BCUT2D eigenvalue weighted by molar-refractivity contribution is 9.10. The standard InChI is InChI=1S/C14H12Br2N2O2/c1-20-14(19)13(12-6-5-10(16)8-17-12)18-11-4-2-3-9(15)7-11/h2-8,13,18H,1H3. The Labute approximate surface area is 133 Å². The fourth-order valence-corrected chi connectivity index (χ4v) is 2.31. The van der Waals surface area contributed by atoms with E-state index in [1.54, 1.807) is 12.3 Å². The normalized spacial score (nSPS) is 11.8. The van der Waals surface area contributed by atoms with Crippen LogP contribution in [0.2, 0.25) is 0 Å². The minimum Gasteiger partial charge on any atom is -0.467 e. The van der Waals surface area contributed by atoms with Gasteiger partial charge in [-0.05, 0) is 46.3 Å². The average Bonchev–Trinajstić information content (AvgIpc) is 2.45. The number of hydrogen-bond acceptors (Lipinski definition) is 4. The molecular weight excluding hydrogens is 388 g/mol. The molecule has 0 saturated carbocycles. The molecule has 2 aromatic rings. The van der Waals surface area contributed by atoms with Gasteiger partial charge in [0.15, 0.2) is 6.04 Å². The SMILES string of the molecule is COC(=O)C(Nc1cccc(Br)c1)c1ccc(Br)cn1. The molecule has 20 heavy (non-hydrogen) atoms. The molecule has 1 aromatic carbocycles. The van der Waals surface area contributed by atoms with Crippen LogP contribution >= 0.6 is 31.9 Å². The molecule has 0 bridgehead atoms. The van der Waals surface area contributed by atoms with Gasteiger partial charge in [-0.15, -0.1) is 0 Å². The van der Waals surface area contributed by atoms with Gasteiger partial charge in [0.25, 0.3) is 0 Å². The van der Waals surface area contributed by atoms with Crippen molar-refractivity contribution in [2.75, 3.05) is 12.4 Å². The fourth-order valence-electron chi connectivity index (χ4n) is 1.67. The molecule has 1 atom stereocenters. The zero-order valence-electron chi connectivity index (χ0n) is 10.6. The highest BCUT2D eigenvalue weighted by atomic mass is 79.9. The number of esters is 1. The summed E-state index contributed by atoms with van der Waals surface area (Å²) in [5.74, 6) is -0.389. The first kappa shape index (κ1) is 15.0. The number of benzene rings is 1. The molecule has 6 heteroatoms. The lowest BCUT2D eigenvalue weighted by molar-refractivity contribution is -0.141. The van der Waals surface area contributed by atoms with Gasteiger partial charge in [0.05, 0.1) is 12.8 Å². The Morgan fingerprint density at radius 3 is 2.65 bits per heavy atom. The van der Waals surface area contributed by atoms with Gasteiger partial charge in [0.1, 0.15) is 0 Å². The second-order valence-electron chi connectivity index (χ2n) is 4.01. The lowest BCUT2D eigenvalue weighted by atomic mass is 10.1. The number of carbonyl (C=O) groups is 1. The third-order valence-electron chi connectivity index (χ3n) is 2.62. The zero-order valence-corrected chi connectivity index (χ0v) is 13.8. The van der Waals surface area contributed by atoms with Crippen molar-refractivity contribution in [3.05, 3.63) is 57.2 Å². The number of hydrogen-bond donors (Lipinski definition) is 1. The lowest BCUT2D eigenvalue weighted by Crippen LogP contribution is -2.23. The average molecular weight is 400 g/mol. The van der Waals surface area contributed by atoms with Gasteiger partial charge >= 0.3 is 5.97 Å². The van der Waals surface area contributed by atoms with E-state index in [0.29, 0.717) is 5.69 Å². The number of anilines is 1. The van der Waals surface area contributed by atoms with E-state index in [9.17, 15) is 4.79 Å². The number of aromatic nitrogens is 1. The molecule has 1 N–H and O–H groups in total. The maximum atomic E-state index is 11.9. The summed E-state index contributed by atoms with van der Waals surface area (Å²) >= 11 is 6.71. The first-order valence-electron chi connectivity index (χ1n) is 5.81. The van der Waals surface area contributed by atoms with Gasteiger partial charge in [0.2, 0.25) is 0 Å². The van der Waals surface area contributed by atoms with Gasteiger partial charge in [-0.3, -0.25) is 4.98 Å². The first-order chi connectivity index (χ1) is 9.60. The van der Waals surface area contributed by atoms with Crippen LogP contribution in [0.4, 0.5) is 5.69 Å². The molecule has 0 aliphatic rings. The van der Waals surface area contributed by atoms with Crippen molar-refractivity contribution in [2.45, 2.75) is 6.04 Å². The second-order valence-corrected chi connectivity index (χ2v) is 5.84. The van der Waals surface area contributed by atoms with E-state index in [-0.39, 0.29) is 5.97 Å². The second kappa shape index (κ2) is 6.85. The number of ether oxygens (including phenoxy) is 1. The monoisotopic (exact) mass is 398 g/mol. The molecular formula is C14H12Br2N2O2. The van der Waals surface area contributed by atoms with E-state index < -0.39 is 6.04 Å². The Morgan fingerprint density at radius 1 is 1.25 bits per heavy atom. The van der Waals surface area contributed by atoms with Crippen LogP contribution in [-0.2, 0) is 9.53 Å². The lowest BCUT2D eigenvalue weighted by Gasteiger charge is -2.17. The van der Waals surface area contributed by atoms with Gasteiger partial charge < -0.3 is 10.1 Å². The first-order valence-corrected chi connectivity index (χ1v) is 7.40. The Bertz CT molecular complexity index is 602. The van der Waals surface area contributed by atoms with Crippen LogP contribution in [0.1, 0.15) is 11.7 Å². The molecule has 1 aromatic heterocycles. The van der Waals surface area contributed by atoms with E-state index >= 15 is 0 Å². The topological polar surface area (TPSA) is 51.2 Å². The number of halogens is 2.